The lowest BCUT2D eigenvalue weighted by atomic mass is 10.0. The summed E-state index contributed by atoms with van der Waals surface area (Å²) in [6.45, 7) is 4.78. The highest BCUT2D eigenvalue weighted by Crippen LogP contribution is 2.28. The predicted molar refractivity (Wildman–Crippen MR) is 71.2 cm³/mol. The first-order chi connectivity index (χ1) is 8.59. The van der Waals surface area contributed by atoms with Crippen molar-refractivity contribution in [3.8, 4) is 5.75 Å². The maximum absolute atomic E-state index is 11.2. The SMILES string of the molecule is CC(C)COc1ccc(C(=O)O)c2ccccc12. The van der Waals surface area contributed by atoms with Crippen LogP contribution in [0.4, 0.5) is 0 Å². The highest BCUT2D eigenvalue weighted by Gasteiger charge is 2.11. The molecular formula is C15H16O3. The molecule has 0 aliphatic rings. The molecule has 0 aromatic heterocycles. The fraction of sp³-hybridized carbons (Fsp3) is 0.267. The Hall–Kier alpha value is -2.03. The smallest absolute Gasteiger partial charge is 0.336 e. The van der Waals surface area contributed by atoms with Gasteiger partial charge >= 0.3 is 5.97 Å². The lowest BCUT2D eigenvalue weighted by molar-refractivity contribution is 0.0699. The van der Waals surface area contributed by atoms with Crippen LogP contribution in [0.15, 0.2) is 36.4 Å². The van der Waals surface area contributed by atoms with Gasteiger partial charge in [-0.1, -0.05) is 38.1 Å². The first-order valence-electron chi connectivity index (χ1n) is 5.97. The molecule has 2 aromatic rings. The monoisotopic (exact) mass is 244 g/mol. The molecule has 1 N–H and O–H groups in total. The van der Waals surface area contributed by atoms with E-state index in [-0.39, 0.29) is 0 Å². The first kappa shape index (κ1) is 12.4. The molecule has 0 saturated heterocycles. The molecule has 18 heavy (non-hydrogen) atoms. The van der Waals surface area contributed by atoms with E-state index in [9.17, 15) is 4.79 Å². The van der Waals surface area contributed by atoms with Gasteiger partial charge < -0.3 is 9.84 Å². The number of hydrogen-bond acceptors (Lipinski definition) is 2. The number of carbonyl (C=O) groups is 1. The van der Waals surface area contributed by atoms with Gasteiger partial charge in [0.2, 0.25) is 0 Å². The molecule has 0 atom stereocenters. The standard InChI is InChI=1S/C15H16O3/c1-10(2)9-18-14-8-7-13(15(16)17)11-5-3-4-6-12(11)14/h3-8,10H,9H2,1-2H3,(H,16,17). The third-order valence-corrected chi connectivity index (χ3v) is 2.69. The predicted octanol–water partition coefficient (Wildman–Crippen LogP) is 3.57. The van der Waals surface area contributed by atoms with Crippen molar-refractivity contribution in [2.75, 3.05) is 6.61 Å². The van der Waals surface area contributed by atoms with Crippen molar-refractivity contribution in [3.63, 3.8) is 0 Å². The average molecular weight is 244 g/mol. The molecular weight excluding hydrogens is 228 g/mol. The molecule has 0 radical (unpaired) electrons. The van der Waals surface area contributed by atoms with Gasteiger partial charge in [-0.3, -0.25) is 0 Å². The average Bonchev–Trinajstić information content (AvgIpc) is 2.35. The van der Waals surface area contributed by atoms with E-state index in [4.69, 9.17) is 9.84 Å². The van der Waals surface area contributed by atoms with Crippen molar-refractivity contribution in [2.45, 2.75) is 13.8 Å². The zero-order valence-corrected chi connectivity index (χ0v) is 10.5. The summed E-state index contributed by atoms with van der Waals surface area (Å²) < 4.78 is 5.72. The van der Waals surface area contributed by atoms with Crippen molar-refractivity contribution < 1.29 is 14.6 Å². The van der Waals surface area contributed by atoms with Crippen LogP contribution in [0.3, 0.4) is 0 Å². The summed E-state index contributed by atoms with van der Waals surface area (Å²) in [5, 5.41) is 10.7. The molecule has 0 bridgehead atoms. The summed E-state index contributed by atoms with van der Waals surface area (Å²) in [7, 11) is 0. The molecule has 0 saturated carbocycles. The topological polar surface area (TPSA) is 46.5 Å². The van der Waals surface area contributed by atoms with E-state index in [0.29, 0.717) is 23.5 Å². The fourth-order valence-electron chi connectivity index (χ4n) is 1.84. The second kappa shape index (κ2) is 5.08. The lowest BCUT2D eigenvalue weighted by Gasteiger charge is -2.12. The largest absolute Gasteiger partial charge is 0.493 e. The molecule has 0 fully saturated rings. The van der Waals surface area contributed by atoms with Crippen LogP contribution in [-0.4, -0.2) is 17.7 Å². The Kier molecular flexibility index (Phi) is 3.51. The minimum absolute atomic E-state index is 0.308. The van der Waals surface area contributed by atoms with E-state index in [0.717, 1.165) is 11.1 Å². The second-order valence-electron chi connectivity index (χ2n) is 4.67. The zero-order chi connectivity index (χ0) is 13.1. The van der Waals surface area contributed by atoms with Crippen LogP contribution < -0.4 is 4.74 Å². The summed E-state index contributed by atoms with van der Waals surface area (Å²) in [6, 6.07) is 10.7. The summed E-state index contributed by atoms with van der Waals surface area (Å²) >= 11 is 0. The molecule has 3 heteroatoms. The number of benzene rings is 2. The number of hydrogen-bond donors (Lipinski definition) is 1. The minimum atomic E-state index is -0.915. The molecule has 0 heterocycles. The van der Waals surface area contributed by atoms with Gasteiger partial charge in [0.05, 0.1) is 12.2 Å². The second-order valence-corrected chi connectivity index (χ2v) is 4.67. The van der Waals surface area contributed by atoms with E-state index in [1.165, 1.54) is 0 Å². The summed E-state index contributed by atoms with van der Waals surface area (Å²) in [6.07, 6.45) is 0. The minimum Gasteiger partial charge on any atom is -0.493 e. The number of ether oxygens (including phenoxy) is 1. The first-order valence-corrected chi connectivity index (χ1v) is 5.97. The van der Waals surface area contributed by atoms with E-state index in [2.05, 4.69) is 13.8 Å². The van der Waals surface area contributed by atoms with Gasteiger partial charge in [-0.25, -0.2) is 4.79 Å². The molecule has 94 valence electrons. The van der Waals surface area contributed by atoms with Crippen LogP contribution in [0, 0.1) is 5.92 Å². The van der Waals surface area contributed by atoms with E-state index >= 15 is 0 Å². The van der Waals surface area contributed by atoms with Crippen LogP contribution >= 0.6 is 0 Å². The maximum atomic E-state index is 11.2. The molecule has 0 amide bonds. The highest BCUT2D eigenvalue weighted by molar-refractivity contribution is 6.05. The van der Waals surface area contributed by atoms with Crippen molar-refractivity contribution in [1.29, 1.82) is 0 Å². The van der Waals surface area contributed by atoms with Gasteiger partial charge in [0.25, 0.3) is 0 Å². The van der Waals surface area contributed by atoms with E-state index in [1.807, 2.05) is 18.2 Å². The zero-order valence-electron chi connectivity index (χ0n) is 10.5. The molecule has 2 rings (SSSR count). The molecule has 2 aromatic carbocycles. The van der Waals surface area contributed by atoms with Gasteiger partial charge in [-0.2, -0.15) is 0 Å². The van der Waals surface area contributed by atoms with Crippen molar-refractivity contribution in [2.24, 2.45) is 5.92 Å². The Balaban J connectivity index is 2.50. The summed E-state index contributed by atoms with van der Waals surface area (Å²) in [5.41, 5.74) is 0.308. The van der Waals surface area contributed by atoms with Gasteiger partial charge in [0, 0.05) is 5.39 Å². The van der Waals surface area contributed by atoms with Gasteiger partial charge in [-0.15, -0.1) is 0 Å². The summed E-state index contributed by atoms with van der Waals surface area (Å²) in [4.78, 5) is 11.2. The molecule has 0 spiro atoms. The van der Waals surface area contributed by atoms with Crippen molar-refractivity contribution in [1.82, 2.24) is 0 Å². The van der Waals surface area contributed by atoms with Gasteiger partial charge in [0.1, 0.15) is 5.75 Å². The Bertz CT molecular complexity index is 573. The third-order valence-electron chi connectivity index (χ3n) is 2.69. The Labute approximate surface area is 106 Å². The number of fused-ring (bicyclic) bond motifs is 1. The number of carboxylic acids is 1. The molecule has 0 aliphatic heterocycles. The number of carboxylic acid groups (broad SMARTS) is 1. The molecule has 0 unspecified atom stereocenters. The van der Waals surface area contributed by atoms with Crippen LogP contribution in [0.1, 0.15) is 24.2 Å². The van der Waals surface area contributed by atoms with Crippen LogP contribution in [0.25, 0.3) is 10.8 Å². The van der Waals surface area contributed by atoms with Gasteiger partial charge in [0.15, 0.2) is 0 Å². The van der Waals surface area contributed by atoms with Crippen LogP contribution in [0.5, 0.6) is 5.75 Å². The number of rotatable bonds is 4. The normalized spacial score (nSPS) is 10.8. The molecule has 3 nitrogen and oxygen atoms in total. The summed E-state index contributed by atoms with van der Waals surface area (Å²) in [5.74, 6) is 0.258. The van der Waals surface area contributed by atoms with E-state index < -0.39 is 5.97 Å². The Morgan fingerprint density at radius 1 is 1.17 bits per heavy atom. The van der Waals surface area contributed by atoms with Crippen molar-refractivity contribution in [3.05, 3.63) is 42.0 Å². The molecule has 0 aliphatic carbocycles. The maximum Gasteiger partial charge on any atom is 0.336 e. The van der Waals surface area contributed by atoms with Crippen LogP contribution in [-0.2, 0) is 0 Å². The van der Waals surface area contributed by atoms with Crippen molar-refractivity contribution >= 4 is 16.7 Å². The Morgan fingerprint density at radius 2 is 1.83 bits per heavy atom. The highest BCUT2D eigenvalue weighted by atomic mass is 16.5. The van der Waals surface area contributed by atoms with E-state index in [1.54, 1.807) is 18.2 Å². The Morgan fingerprint density at radius 3 is 2.44 bits per heavy atom. The van der Waals surface area contributed by atoms with Gasteiger partial charge in [-0.05, 0) is 23.4 Å². The number of aromatic carboxylic acids is 1. The lowest BCUT2D eigenvalue weighted by Crippen LogP contribution is -2.05. The third kappa shape index (κ3) is 2.45. The van der Waals surface area contributed by atoms with Crippen LogP contribution in [0.2, 0.25) is 0 Å². The fourth-order valence-corrected chi connectivity index (χ4v) is 1.84. The quantitative estimate of drug-likeness (QED) is 0.894.